The molecule has 7 heteroatoms. The lowest BCUT2D eigenvalue weighted by atomic mass is 10.1. The number of benzene rings is 2. The van der Waals surface area contributed by atoms with E-state index in [2.05, 4.69) is 4.72 Å². The molecule has 0 spiro atoms. The topological polar surface area (TPSA) is 98.5 Å². The molecule has 23 heavy (non-hydrogen) atoms. The predicted molar refractivity (Wildman–Crippen MR) is 86.5 cm³/mol. The Hall–Kier alpha value is -2.38. The van der Waals surface area contributed by atoms with Crippen molar-refractivity contribution in [2.45, 2.75) is 11.3 Å². The molecule has 0 saturated heterocycles. The van der Waals surface area contributed by atoms with Crippen LogP contribution in [0, 0.1) is 0 Å². The first-order chi connectivity index (χ1) is 11.0. The zero-order valence-electron chi connectivity index (χ0n) is 12.4. The third kappa shape index (κ3) is 5.39. The summed E-state index contributed by atoms with van der Waals surface area (Å²) in [5.74, 6) is 0.00168. The van der Waals surface area contributed by atoms with Crippen LogP contribution in [0.3, 0.4) is 0 Å². The molecule has 0 aliphatic heterocycles. The van der Waals surface area contributed by atoms with E-state index in [1.54, 1.807) is 42.5 Å². The van der Waals surface area contributed by atoms with Crippen LogP contribution in [0.4, 0.5) is 0 Å². The van der Waals surface area contributed by atoms with Gasteiger partial charge in [0.15, 0.2) is 6.61 Å². The molecule has 122 valence electrons. The fraction of sp³-hybridized carbons (Fsp3) is 0.188. The Labute approximate surface area is 135 Å². The number of sulfonamides is 1. The molecule has 0 unspecified atom stereocenters. The number of hydrogen-bond donors (Lipinski definition) is 2. The average molecular weight is 334 g/mol. The van der Waals surface area contributed by atoms with Gasteiger partial charge < -0.3 is 10.5 Å². The van der Waals surface area contributed by atoms with Crippen molar-refractivity contribution in [3.63, 3.8) is 0 Å². The van der Waals surface area contributed by atoms with Crippen molar-refractivity contribution in [3.8, 4) is 5.75 Å². The molecule has 0 heterocycles. The van der Waals surface area contributed by atoms with E-state index >= 15 is 0 Å². The van der Waals surface area contributed by atoms with Gasteiger partial charge in [0.05, 0.1) is 4.90 Å². The Morgan fingerprint density at radius 3 is 2.30 bits per heavy atom. The van der Waals surface area contributed by atoms with Gasteiger partial charge in [0.2, 0.25) is 10.0 Å². The minimum Gasteiger partial charge on any atom is -0.484 e. The van der Waals surface area contributed by atoms with Crippen molar-refractivity contribution in [2.24, 2.45) is 5.73 Å². The average Bonchev–Trinajstić information content (AvgIpc) is 2.55. The summed E-state index contributed by atoms with van der Waals surface area (Å²) in [6.45, 7) is 0.120. The van der Waals surface area contributed by atoms with Gasteiger partial charge in [-0.2, -0.15) is 0 Å². The molecular formula is C16H18N2O4S. The molecule has 0 aromatic heterocycles. The lowest BCUT2D eigenvalue weighted by Gasteiger charge is -2.08. The number of nitrogens with two attached hydrogens (primary N) is 1. The lowest BCUT2D eigenvalue weighted by Crippen LogP contribution is -2.25. The van der Waals surface area contributed by atoms with Crippen molar-refractivity contribution in [1.29, 1.82) is 0 Å². The summed E-state index contributed by atoms with van der Waals surface area (Å²) in [6.07, 6.45) is 0.544. The molecule has 0 saturated carbocycles. The number of nitrogens with one attached hydrogen (secondary N) is 1. The highest BCUT2D eigenvalue weighted by Crippen LogP contribution is 2.13. The second-order valence-corrected chi connectivity index (χ2v) is 6.63. The summed E-state index contributed by atoms with van der Waals surface area (Å²) >= 11 is 0. The van der Waals surface area contributed by atoms with E-state index in [-0.39, 0.29) is 11.5 Å². The maximum absolute atomic E-state index is 12.1. The SMILES string of the molecule is NC(=O)COc1ccc(CCNS(=O)(=O)c2ccccc2)cc1. The Bertz CT molecular complexity index is 743. The van der Waals surface area contributed by atoms with E-state index in [9.17, 15) is 13.2 Å². The summed E-state index contributed by atoms with van der Waals surface area (Å²) in [4.78, 5) is 10.9. The minimum absolute atomic E-state index is 0.170. The normalized spacial score (nSPS) is 11.1. The molecular weight excluding hydrogens is 316 g/mol. The summed E-state index contributed by atoms with van der Waals surface area (Å²) < 4.78 is 31.8. The van der Waals surface area contributed by atoms with E-state index in [0.717, 1.165) is 5.56 Å². The number of rotatable bonds is 8. The van der Waals surface area contributed by atoms with Gasteiger partial charge in [0.25, 0.3) is 5.91 Å². The molecule has 3 N–H and O–H groups in total. The second kappa shape index (κ2) is 7.75. The maximum atomic E-state index is 12.1. The fourth-order valence-corrected chi connectivity index (χ4v) is 2.97. The van der Waals surface area contributed by atoms with Gasteiger partial charge >= 0.3 is 0 Å². The molecule has 0 aliphatic rings. The monoisotopic (exact) mass is 334 g/mol. The van der Waals surface area contributed by atoms with Gasteiger partial charge in [0.1, 0.15) is 5.75 Å². The highest BCUT2D eigenvalue weighted by atomic mass is 32.2. The maximum Gasteiger partial charge on any atom is 0.255 e. The molecule has 2 rings (SSSR count). The molecule has 0 atom stereocenters. The molecule has 6 nitrogen and oxygen atoms in total. The molecule has 2 aromatic carbocycles. The molecule has 1 amide bonds. The van der Waals surface area contributed by atoms with E-state index in [1.807, 2.05) is 12.1 Å². The largest absolute Gasteiger partial charge is 0.484 e. The third-order valence-corrected chi connectivity index (χ3v) is 4.54. The predicted octanol–water partition coefficient (Wildman–Crippen LogP) is 1.07. The van der Waals surface area contributed by atoms with E-state index < -0.39 is 15.9 Å². The van der Waals surface area contributed by atoms with Crippen LogP contribution in [0.1, 0.15) is 5.56 Å². The van der Waals surface area contributed by atoms with Crippen molar-refractivity contribution < 1.29 is 17.9 Å². The van der Waals surface area contributed by atoms with Crippen molar-refractivity contribution in [1.82, 2.24) is 4.72 Å². The van der Waals surface area contributed by atoms with Gasteiger partial charge in [-0.05, 0) is 36.2 Å². The van der Waals surface area contributed by atoms with Crippen LogP contribution >= 0.6 is 0 Å². The Morgan fingerprint density at radius 1 is 1.04 bits per heavy atom. The minimum atomic E-state index is -3.48. The summed E-state index contributed by atoms with van der Waals surface area (Å²) in [6, 6.07) is 15.3. The van der Waals surface area contributed by atoms with Gasteiger partial charge in [-0.15, -0.1) is 0 Å². The zero-order chi connectivity index (χ0) is 16.7. The first kappa shape index (κ1) is 17.0. The summed E-state index contributed by atoms with van der Waals surface area (Å²) in [5, 5.41) is 0. The van der Waals surface area contributed by atoms with Crippen LogP contribution in [0.25, 0.3) is 0 Å². The first-order valence-electron chi connectivity index (χ1n) is 7.02. The zero-order valence-corrected chi connectivity index (χ0v) is 13.3. The van der Waals surface area contributed by atoms with E-state index in [0.29, 0.717) is 18.7 Å². The number of ether oxygens (including phenoxy) is 1. The van der Waals surface area contributed by atoms with Gasteiger partial charge in [0, 0.05) is 6.54 Å². The molecule has 0 bridgehead atoms. The van der Waals surface area contributed by atoms with Crippen LogP contribution < -0.4 is 15.2 Å². The third-order valence-electron chi connectivity index (χ3n) is 3.06. The fourth-order valence-electron chi connectivity index (χ4n) is 1.92. The van der Waals surface area contributed by atoms with Crippen LogP contribution in [0.5, 0.6) is 5.75 Å². The second-order valence-electron chi connectivity index (χ2n) is 4.86. The van der Waals surface area contributed by atoms with Gasteiger partial charge in [-0.25, -0.2) is 13.1 Å². The number of amides is 1. The standard InChI is InChI=1S/C16H18N2O4S/c17-16(19)12-22-14-8-6-13(7-9-14)10-11-18-23(20,21)15-4-2-1-3-5-15/h1-9,18H,10-12H2,(H2,17,19). The number of carbonyl (C=O) groups is 1. The molecule has 0 fully saturated rings. The Kier molecular flexibility index (Phi) is 5.72. The Morgan fingerprint density at radius 2 is 1.70 bits per heavy atom. The number of hydrogen-bond acceptors (Lipinski definition) is 4. The summed E-state index contributed by atoms with van der Waals surface area (Å²) in [7, 11) is -3.48. The Balaban J connectivity index is 1.85. The quantitative estimate of drug-likeness (QED) is 0.754. The number of carbonyl (C=O) groups excluding carboxylic acids is 1. The molecule has 2 aromatic rings. The van der Waals surface area contributed by atoms with Crippen LogP contribution in [0.15, 0.2) is 59.5 Å². The smallest absolute Gasteiger partial charge is 0.255 e. The summed E-state index contributed by atoms with van der Waals surface area (Å²) in [5.41, 5.74) is 5.95. The van der Waals surface area contributed by atoms with E-state index in [4.69, 9.17) is 10.5 Å². The van der Waals surface area contributed by atoms with Gasteiger partial charge in [-0.3, -0.25) is 4.79 Å². The van der Waals surface area contributed by atoms with Crippen LogP contribution in [-0.2, 0) is 21.2 Å². The highest BCUT2D eigenvalue weighted by Gasteiger charge is 2.12. The highest BCUT2D eigenvalue weighted by molar-refractivity contribution is 7.89. The molecule has 0 aliphatic carbocycles. The molecule has 0 radical (unpaired) electrons. The van der Waals surface area contributed by atoms with Gasteiger partial charge in [-0.1, -0.05) is 30.3 Å². The number of primary amides is 1. The van der Waals surface area contributed by atoms with E-state index in [1.165, 1.54) is 0 Å². The van der Waals surface area contributed by atoms with Crippen molar-refractivity contribution in [3.05, 3.63) is 60.2 Å². The van der Waals surface area contributed by atoms with Crippen molar-refractivity contribution in [2.75, 3.05) is 13.2 Å². The van der Waals surface area contributed by atoms with Crippen LogP contribution in [-0.4, -0.2) is 27.5 Å². The lowest BCUT2D eigenvalue weighted by molar-refractivity contribution is -0.119. The first-order valence-corrected chi connectivity index (χ1v) is 8.50. The van der Waals surface area contributed by atoms with Crippen molar-refractivity contribution >= 4 is 15.9 Å². The van der Waals surface area contributed by atoms with Crippen LogP contribution in [0.2, 0.25) is 0 Å².